The van der Waals surface area contributed by atoms with Crippen LogP contribution in [0.5, 0.6) is 0 Å². The molecule has 0 saturated carbocycles. The lowest BCUT2D eigenvalue weighted by Gasteiger charge is -2.24. The van der Waals surface area contributed by atoms with Gasteiger partial charge in [-0.2, -0.15) is 0 Å². The van der Waals surface area contributed by atoms with Gasteiger partial charge in [0.15, 0.2) is 0 Å². The van der Waals surface area contributed by atoms with Gasteiger partial charge in [0, 0.05) is 18.2 Å². The second-order valence-electron chi connectivity index (χ2n) is 5.09. The van der Waals surface area contributed by atoms with Gasteiger partial charge >= 0.3 is 0 Å². The maximum Gasteiger partial charge on any atom is 0.254 e. The van der Waals surface area contributed by atoms with Crippen LogP contribution in [0.1, 0.15) is 41.6 Å². The number of nitrogens with two attached hydrogens (primary N) is 1. The third-order valence-corrected chi connectivity index (χ3v) is 3.68. The molecular weight excluding hydrogens is 224 g/mol. The number of likely N-dealkylation sites (tertiary alicyclic amines) is 1. The summed E-state index contributed by atoms with van der Waals surface area (Å²) in [5, 5.41) is 0. The summed E-state index contributed by atoms with van der Waals surface area (Å²) in [5.74, 6) is 0.175. The molecule has 3 heteroatoms. The van der Waals surface area contributed by atoms with Crippen molar-refractivity contribution < 1.29 is 4.79 Å². The minimum absolute atomic E-state index is 0.175. The van der Waals surface area contributed by atoms with E-state index in [0.29, 0.717) is 12.6 Å². The number of carbonyl (C=O) groups is 1. The zero-order valence-corrected chi connectivity index (χ0v) is 11.1. The Hall–Kier alpha value is -1.35. The van der Waals surface area contributed by atoms with Crippen LogP contribution < -0.4 is 5.73 Å². The molecule has 18 heavy (non-hydrogen) atoms. The number of rotatable bonds is 4. The molecule has 0 spiro atoms. The van der Waals surface area contributed by atoms with Crippen LogP contribution in [0.15, 0.2) is 24.3 Å². The first-order valence-electron chi connectivity index (χ1n) is 6.80. The van der Waals surface area contributed by atoms with E-state index in [4.69, 9.17) is 5.73 Å². The Morgan fingerprint density at radius 2 is 2.11 bits per heavy atom. The molecule has 1 aromatic rings. The minimum atomic E-state index is 0.175. The summed E-state index contributed by atoms with van der Waals surface area (Å²) in [6.07, 6.45) is 4.28. The molecule has 98 valence electrons. The number of hydrogen-bond donors (Lipinski definition) is 1. The van der Waals surface area contributed by atoms with Crippen molar-refractivity contribution in [3.05, 3.63) is 35.4 Å². The highest BCUT2D eigenvalue weighted by atomic mass is 16.2. The zero-order valence-electron chi connectivity index (χ0n) is 11.1. The molecule has 1 aromatic carbocycles. The van der Waals surface area contributed by atoms with Gasteiger partial charge in [0.25, 0.3) is 5.91 Å². The second kappa shape index (κ2) is 6.01. The summed E-state index contributed by atoms with van der Waals surface area (Å²) >= 11 is 0. The first kappa shape index (κ1) is 13.1. The van der Waals surface area contributed by atoms with Crippen LogP contribution in [-0.4, -0.2) is 29.9 Å². The fourth-order valence-electron chi connectivity index (χ4n) is 2.62. The van der Waals surface area contributed by atoms with Crippen LogP contribution in [0.4, 0.5) is 0 Å². The number of benzene rings is 1. The Kier molecular flexibility index (Phi) is 4.37. The highest BCUT2D eigenvalue weighted by molar-refractivity contribution is 5.94. The van der Waals surface area contributed by atoms with Crippen molar-refractivity contribution in [2.24, 2.45) is 5.73 Å². The maximum atomic E-state index is 12.4. The predicted molar refractivity (Wildman–Crippen MR) is 73.5 cm³/mol. The molecule has 1 heterocycles. The molecule has 1 saturated heterocycles. The van der Waals surface area contributed by atoms with Gasteiger partial charge in [0.05, 0.1) is 0 Å². The fourth-order valence-corrected chi connectivity index (χ4v) is 2.62. The van der Waals surface area contributed by atoms with Crippen molar-refractivity contribution in [2.45, 2.75) is 38.6 Å². The van der Waals surface area contributed by atoms with Crippen molar-refractivity contribution >= 4 is 5.91 Å². The molecule has 1 aliphatic heterocycles. The van der Waals surface area contributed by atoms with Crippen LogP contribution in [0.2, 0.25) is 0 Å². The maximum absolute atomic E-state index is 12.4. The van der Waals surface area contributed by atoms with Gasteiger partial charge in [0.1, 0.15) is 0 Å². The lowest BCUT2D eigenvalue weighted by molar-refractivity contribution is 0.0729. The van der Waals surface area contributed by atoms with E-state index in [9.17, 15) is 4.79 Å². The SMILES string of the molecule is Cc1ccc(C(=O)N2CCCC2CCCN)cc1. The van der Waals surface area contributed by atoms with Crippen LogP contribution >= 0.6 is 0 Å². The van der Waals surface area contributed by atoms with E-state index in [2.05, 4.69) is 0 Å². The number of nitrogens with zero attached hydrogens (tertiary/aromatic N) is 1. The largest absolute Gasteiger partial charge is 0.336 e. The van der Waals surface area contributed by atoms with Crippen molar-refractivity contribution in [3.8, 4) is 0 Å². The number of hydrogen-bond acceptors (Lipinski definition) is 2. The average molecular weight is 246 g/mol. The molecule has 1 aliphatic rings. The van der Waals surface area contributed by atoms with E-state index >= 15 is 0 Å². The molecule has 2 N–H and O–H groups in total. The van der Waals surface area contributed by atoms with Crippen LogP contribution in [0.25, 0.3) is 0 Å². The van der Waals surface area contributed by atoms with E-state index in [1.165, 1.54) is 5.56 Å². The van der Waals surface area contributed by atoms with E-state index in [-0.39, 0.29) is 5.91 Å². The Balaban J connectivity index is 2.05. The van der Waals surface area contributed by atoms with Gasteiger partial charge in [-0.25, -0.2) is 0 Å². The van der Waals surface area contributed by atoms with Crippen molar-refractivity contribution in [3.63, 3.8) is 0 Å². The first-order chi connectivity index (χ1) is 8.72. The number of aryl methyl sites for hydroxylation is 1. The van der Waals surface area contributed by atoms with Gasteiger partial charge < -0.3 is 10.6 Å². The third kappa shape index (κ3) is 2.91. The van der Waals surface area contributed by atoms with Crippen molar-refractivity contribution in [1.29, 1.82) is 0 Å². The molecule has 0 bridgehead atoms. The second-order valence-corrected chi connectivity index (χ2v) is 5.09. The van der Waals surface area contributed by atoms with Gasteiger partial charge in [-0.15, -0.1) is 0 Å². The van der Waals surface area contributed by atoms with Crippen LogP contribution in [-0.2, 0) is 0 Å². The molecule has 0 radical (unpaired) electrons. The topological polar surface area (TPSA) is 46.3 Å². The molecule has 1 fully saturated rings. The molecule has 1 amide bonds. The molecule has 0 aliphatic carbocycles. The molecule has 1 atom stereocenters. The normalized spacial score (nSPS) is 19.2. The molecule has 0 aromatic heterocycles. The Labute approximate surface area is 109 Å². The summed E-state index contributed by atoms with van der Waals surface area (Å²) in [7, 11) is 0. The Bertz CT molecular complexity index is 399. The predicted octanol–water partition coefficient (Wildman–Crippen LogP) is 2.34. The smallest absolute Gasteiger partial charge is 0.254 e. The average Bonchev–Trinajstić information content (AvgIpc) is 2.84. The van der Waals surface area contributed by atoms with E-state index in [0.717, 1.165) is 37.8 Å². The molecule has 2 rings (SSSR count). The standard InChI is InChI=1S/C15H22N2O/c1-12-6-8-13(9-7-12)15(18)17-11-3-5-14(17)4-2-10-16/h6-9,14H,2-5,10-11,16H2,1H3. The Morgan fingerprint density at radius 3 is 2.78 bits per heavy atom. The fraction of sp³-hybridized carbons (Fsp3) is 0.533. The lowest BCUT2D eigenvalue weighted by atomic mass is 10.1. The third-order valence-electron chi connectivity index (χ3n) is 3.68. The highest BCUT2D eigenvalue weighted by Gasteiger charge is 2.28. The van der Waals surface area contributed by atoms with Crippen molar-refractivity contribution in [1.82, 2.24) is 4.90 Å². The molecular formula is C15H22N2O. The molecule has 3 nitrogen and oxygen atoms in total. The van der Waals surface area contributed by atoms with Gasteiger partial charge in [0.2, 0.25) is 0 Å². The quantitative estimate of drug-likeness (QED) is 0.886. The molecule has 1 unspecified atom stereocenters. The highest BCUT2D eigenvalue weighted by Crippen LogP contribution is 2.23. The minimum Gasteiger partial charge on any atom is -0.336 e. The van der Waals surface area contributed by atoms with Gasteiger partial charge in [-0.3, -0.25) is 4.79 Å². The van der Waals surface area contributed by atoms with E-state index < -0.39 is 0 Å². The van der Waals surface area contributed by atoms with Crippen LogP contribution in [0, 0.1) is 6.92 Å². The summed E-state index contributed by atoms with van der Waals surface area (Å²) in [5.41, 5.74) is 7.55. The number of amides is 1. The zero-order chi connectivity index (χ0) is 13.0. The van der Waals surface area contributed by atoms with Gasteiger partial charge in [-0.1, -0.05) is 17.7 Å². The van der Waals surface area contributed by atoms with E-state index in [1.807, 2.05) is 36.1 Å². The summed E-state index contributed by atoms with van der Waals surface area (Å²) in [6.45, 7) is 3.64. The Morgan fingerprint density at radius 1 is 1.39 bits per heavy atom. The van der Waals surface area contributed by atoms with Crippen LogP contribution in [0.3, 0.4) is 0 Å². The first-order valence-corrected chi connectivity index (χ1v) is 6.80. The van der Waals surface area contributed by atoms with Crippen molar-refractivity contribution in [2.75, 3.05) is 13.1 Å². The summed E-state index contributed by atoms with van der Waals surface area (Å²) < 4.78 is 0. The van der Waals surface area contributed by atoms with E-state index in [1.54, 1.807) is 0 Å². The monoisotopic (exact) mass is 246 g/mol. The number of carbonyl (C=O) groups excluding carboxylic acids is 1. The lowest BCUT2D eigenvalue weighted by Crippen LogP contribution is -2.35. The summed E-state index contributed by atoms with van der Waals surface area (Å²) in [6, 6.07) is 8.24. The summed E-state index contributed by atoms with van der Waals surface area (Å²) in [4.78, 5) is 14.5. The van der Waals surface area contributed by atoms with Gasteiger partial charge in [-0.05, 0) is 51.3 Å².